The van der Waals surface area contributed by atoms with Crippen molar-refractivity contribution in [1.82, 2.24) is 9.78 Å². The number of rotatable bonds is 5. The zero-order valence-corrected chi connectivity index (χ0v) is 18.2. The van der Waals surface area contributed by atoms with Gasteiger partial charge in [-0.3, -0.25) is 14.4 Å². The molecule has 0 amide bonds. The Kier molecular flexibility index (Phi) is 5.19. The van der Waals surface area contributed by atoms with Gasteiger partial charge >= 0.3 is 5.97 Å². The molecule has 170 valence electrons. The lowest BCUT2D eigenvalue weighted by Gasteiger charge is -2.03. The van der Waals surface area contributed by atoms with Gasteiger partial charge in [0.25, 0.3) is 15.7 Å². The number of esters is 1. The Bertz CT molecular complexity index is 1600. The molecule has 34 heavy (non-hydrogen) atoms. The molecule has 0 unspecified atom stereocenters. The van der Waals surface area contributed by atoms with E-state index < -0.39 is 21.6 Å². The van der Waals surface area contributed by atoms with E-state index in [1.807, 2.05) is 18.2 Å². The van der Waals surface area contributed by atoms with Crippen molar-refractivity contribution in [2.24, 2.45) is 10.2 Å². The topological polar surface area (TPSA) is 143 Å². The minimum Gasteiger partial charge on any atom is -0.457 e. The highest BCUT2D eigenvalue weighted by atomic mass is 32.2. The van der Waals surface area contributed by atoms with Gasteiger partial charge in [-0.25, -0.2) is 9.48 Å². The summed E-state index contributed by atoms with van der Waals surface area (Å²) >= 11 is 0. The number of aromatic nitrogens is 2. The van der Waals surface area contributed by atoms with Gasteiger partial charge in [0.1, 0.15) is 6.61 Å². The molecular formula is C23H16N4O6S. The quantitative estimate of drug-likeness (QED) is 0.251. The molecule has 0 bridgehead atoms. The number of ether oxygens (including phenoxy) is 1. The van der Waals surface area contributed by atoms with E-state index in [2.05, 4.69) is 15.3 Å². The molecule has 1 aromatic heterocycles. The van der Waals surface area contributed by atoms with Crippen LogP contribution in [0.1, 0.15) is 15.9 Å². The van der Waals surface area contributed by atoms with Crippen molar-refractivity contribution in [3.63, 3.8) is 0 Å². The van der Waals surface area contributed by atoms with Crippen LogP contribution in [-0.4, -0.2) is 28.7 Å². The molecule has 5 rings (SSSR count). The third kappa shape index (κ3) is 3.93. The third-order valence-electron chi connectivity index (χ3n) is 5.26. The molecule has 1 aliphatic rings. The van der Waals surface area contributed by atoms with Crippen LogP contribution >= 0.6 is 0 Å². The van der Waals surface area contributed by atoms with Crippen LogP contribution < -0.4 is 5.56 Å². The van der Waals surface area contributed by atoms with Crippen LogP contribution in [0.3, 0.4) is 0 Å². The number of hydrogen-bond acceptors (Lipinski definition) is 7. The van der Waals surface area contributed by atoms with Gasteiger partial charge in [0, 0.05) is 11.1 Å². The Morgan fingerprint density at radius 3 is 2.38 bits per heavy atom. The lowest BCUT2D eigenvalue weighted by Crippen LogP contribution is -2.14. The standard InChI is InChI=1S/C23H16N4O6S/c28-22-21(25-24-16-7-10-18(11-8-16)34(30,31)32)20(14-4-2-1-3-5-14)26-27(22)17-9-6-15-13-33-23(29)19(15)12-17/h1-12,26H,13H2,(H,30,31,32). The average molecular weight is 476 g/mol. The number of nitrogens with zero attached hydrogens (tertiary/aromatic N) is 3. The average Bonchev–Trinajstić information content (AvgIpc) is 3.37. The van der Waals surface area contributed by atoms with Crippen molar-refractivity contribution in [2.75, 3.05) is 0 Å². The van der Waals surface area contributed by atoms with Crippen LogP contribution in [0.2, 0.25) is 0 Å². The van der Waals surface area contributed by atoms with Crippen molar-refractivity contribution < 1.29 is 22.5 Å². The van der Waals surface area contributed by atoms with Crippen LogP contribution in [0.25, 0.3) is 16.9 Å². The minimum atomic E-state index is -4.34. The first-order chi connectivity index (χ1) is 16.3. The van der Waals surface area contributed by atoms with E-state index >= 15 is 0 Å². The first kappa shape index (κ1) is 21.5. The van der Waals surface area contributed by atoms with Crippen molar-refractivity contribution in [2.45, 2.75) is 11.5 Å². The molecule has 0 fully saturated rings. The van der Waals surface area contributed by atoms with Gasteiger partial charge in [0.05, 0.1) is 27.5 Å². The second-order valence-electron chi connectivity index (χ2n) is 7.43. The van der Waals surface area contributed by atoms with Crippen LogP contribution in [0.15, 0.2) is 92.7 Å². The van der Waals surface area contributed by atoms with E-state index in [4.69, 9.17) is 9.29 Å². The molecule has 4 aromatic rings. The maximum atomic E-state index is 13.3. The molecule has 0 atom stereocenters. The van der Waals surface area contributed by atoms with Crippen molar-refractivity contribution >= 4 is 27.5 Å². The summed E-state index contributed by atoms with van der Waals surface area (Å²) < 4.78 is 37.9. The Hall–Kier alpha value is -4.35. The van der Waals surface area contributed by atoms with Crippen LogP contribution in [-0.2, 0) is 21.5 Å². The van der Waals surface area contributed by atoms with Crippen molar-refractivity contribution in [1.29, 1.82) is 0 Å². The number of carbonyl (C=O) groups excluding carboxylic acids is 1. The van der Waals surface area contributed by atoms with E-state index in [1.165, 1.54) is 28.9 Å². The monoisotopic (exact) mass is 476 g/mol. The lowest BCUT2D eigenvalue weighted by molar-refractivity contribution is 0.0535. The summed E-state index contributed by atoms with van der Waals surface area (Å²) in [5.74, 6) is -0.451. The first-order valence-electron chi connectivity index (χ1n) is 10.0. The van der Waals surface area contributed by atoms with E-state index in [0.29, 0.717) is 22.5 Å². The van der Waals surface area contributed by atoms with Crippen LogP contribution in [0, 0.1) is 0 Å². The maximum absolute atomic E-state index is 13.3. The van der Waals surface area contributed by atoms with Gasteiger partial charge in [-0.15, -0.1) is 5.11 Å². The number of H-pyrrole nitrogens is 1. The molecule has 0 radical (unpaired) electrons. The van der Waals surface area contributed by atoms with Gasteiger partial charge in [-0.1, -0.05) is 36.4 Å². The summed E-state index contributed by atoms with van der Waals surface area (Å²) in [5, 5.41) is 11.2. The number of azo groups is 1. The predicted molar refractivity (Wildman–Crippen MR) is 121 cm³/mol. The molecule has 2 N–H and O–H groups in total. The Balaban J connectivity index is 1.60. The number of nitrogens with one attached hydrogen (secondary N) is 1. The fraction of sp³-hybridized carbons (Fsp3) is 0.0435. The van der Waals surface area contributed by atoms with E-state index in [0.717, 1.165) is 5.56 Å². The zero-order valence-electron chi connectivity index (χ0n) is 17.4. The van der Waals surface area contributed by atoms with Gasteiger partial charge in [-0.2, -0.15) is 13.5 Å². The fourth-order valence-corrected chi connectivity index (χ4v) is 4.02. The Morgan fingerprint density at radius 1 is 0.941 bits per heavy atom. The minimum absolute atomic E-state index is 0.0214. The number of fused-ring (bicyclic) bond motifs is 1. The number of cyclic esters (lactones) is 1. The van der Waals surface area contributed by atoms with E-state index in [1.54, 1.807) is 30.3 Å². The third-order valence-corrected chi connectivity index (χ3v) is 6.13. The molecule has 0 saturated carbocycles. The largest absolute Gasteiger partial charge is 0.457 e. The Labute approximate surface area is 192 Å². The second-order valence-corrected chi connectivity index (χ2v) is 8.85. The van der Waals surface area contributed by atoms with Gasteiger partial charge in [-0.05, 0) is 36.4 Å². The number of hydrogen-bond donors (Lipinski definition) is 2. The molecule has 3 aromatic carbocycles. The fourth-order valence-electron chi connectivity index (χ4n) is 3.54. The van der Waals surface area contributed by atoms with E-state index in [-0.39, 0.29) is 22.9 Å². The highest BCUT2D eigenvalue weighted by Crippen LogP contribution is 2.29. The molecule has 10 nitrogen and oxygen atoms in total. The molecule has 0 aliphatic carbocycles. The second kappa shape index (κ2) is 8.21. The molecule has 2 heterocycles. The molecule has 1 aliphatic heterocycles. The van der Waals surface area contributed by atoms with Gasteiger partial charge < -0.3 is 4.74 Å². The summed E-state index contributed by atoms with van der Waals surface area (Å²) in [6.45, 7) is 0.194. The zero-order chi connectivity index (χ0) is 23.9. The molecule has 11 heteroatoms. The van der Waals surface area contributed by atoms with Crippen molar-refractivity contribution in [3.8, 4) is 16.9 Å². The highest BCUT2D eigenvalue weighted by molar-refractivity contribution is 7.85. The molecule has 0 saturated heterocycles. The normalized spacial score (nSPS) is 13.3. The number of aromatic amines is 1. The molecule has 0 spiro atoms. The summed E-state index contributed by atoms with van der Waals surface area (Å²) in [4.78, 5) is 25.0. The number of benzene rings is 3. The van der Waals surface area contributed by atoms with Crippen molar-refractivity contribution in [3.05, 3.63) is 94.3 Å². The van der Waals surface area contributed by atoms with Gasteiger partial charge in [0.2, 0.25) is 0 Å². The van der Waals surface area contributed by atoms with E-state index in [9.17, 15) is 18.0 Å². The highest BCUT2D eigenvalue weighted by Gasteiger charge is 2.23. The summed E-state index contributed by atoms with van der Waals surface area (Å²) in [6.07, 6.45) is 0. The number of carbonyl (C=O) groups is 1. The first-order valence-corrected chi connectivity index (χ1v) is 11.5. The molecular weight excluding hydrogens is 460 g/mol. The predicted octanol–water partition coefficient (Wildman–Crippen LogP) is 4.17. The summed E-state index contributed by atoms with van der Waals surface area (Å²) in [7, 11) is -4.34. The van der Waals surface area contributed by atoms with Crippen LogP contribution in [0.4, 0.5) is 11.4 Å². The summed E-state index contributed by atoms with van der Waals surface area (Å²) in [5.41, 5.74) is 2.46. The van der Waals surface area contributed by atoms with Crippen LogP contribution in [0.5, 0.6) is 0 Å². The lowest BCUT2D eigenvalue weighted by atomic mass is 10.1. The Morgan fingerprint density at radius 2 is 1.68 bits per heavy atom. The SMILES string of the molecule is O=C1OCc2ccc(-n3[nH]c(-c4ccccc4)c(N=Nc4ccc(S(=O)(=O)O)cc4)c3=O)cc21. The van der Waals surface area contributed by atoms with Gasteiger partial charge in [0.15, 0.2) is 5.69 Å². The maximum Gasteiger partial charge on any atom is 0.338 e. The summed E-state index contributed by atoms with van der Waals surface area (Å²) in [6, 6.07) is 19.1. The smallest absolute Gasteiger partial charge is 0.338 e.